The molecule has 3 nitrogen and oxygen atoms in total. The Hall–Kier alpha value is -1.22. The topological polar surface area (TPSA) is 18.5 Å². The van der Waals surface area contributed by atoms with Crippen LogP contribution in [0, 0.1) is 0 Å². The molecule has 2 aliphatic rings. The van der Waals surface area contributed by atoms with E-state index in [2.05, 4.69) is 55.1 Å². The standard InChI is InChI=1S/C17H27N3/c1-5-14-8-15-6-7-18-16(15)9-17(14)20-10-12(2)19(4)13(3)11-20/h8-9,12-13,18H,5-7,10-11H2,1-4H3. The van der Waals surface area contributed by atoms with E-state index >= 15 is 0 Å². The monoisotopic (exact) mass is 273 g/mol. The summed E-state index contributed by atoms with van der Waals surface area (Å²) in [7, 11) is 2.25. The van der Waals surface area contributed by atoms with Gasteiger partial charge in [0.25, 0.3) is 0 Å². The van der Waals surface area contributed by atoms with Gasteiger partial charge in [0, 0.05) is 43.1 Å². The first-order valence-corrected chi connectivity index (χ1v) is 7.96. The van der Waals surface area contributed by atoms with E-state index in [-0.39, 0.29) is 0 Å². The fraction of sp³-hybridized carbons (Fsp3) is 0.647. The number of fused-ring (bicyclic) bond motifs is 1. The highest BCUT2D eigenvalue weighted by Gasteiger charge is 2.28. The van der Waals surface area contributed by atoms with Crippen LogP contribution >= 0.6 is 0 Å². The summed E-state index contributed by atoms with van der Waals surface area (Å²) in [4.78, 5) is 5.09. The Bertz CT molecular complexity index is 485. The largest absolute Gasteiger partial charge is 0.384 e. The average Bonchev–Trinajstić information content (AvgIpc) is 2.89. The molecule has 1 N–H and O–H groups in total. The van der Waals surface area contributed by atoms with E-state index in [0.29, 0.717) is 12.1 Å². The van der Waals surface area contributed by atoms with Gasteiger partial charge in [-0.2, -0.15) is 0 Å². The molecule has 1 fully saturated rings. The summed E-state index contributed by atoms with van der Waals surface area (Å²) >= 11 is 0. The Kier molecular flexibility index (Phi) is 3.63. The summed E-state index contributed by atoms with van der Waals surface area (Å²) in [5.74, 6) is 0. The number of likely N-dealkylation sites (N-methyl/N-ethyl adjacent to an activating group) is 1. The van der Waals surface area contributed by atoms with E-state index < -0.39 is 0 Å². The van der Waals surface area contributed by atoms with Gasteiger partial charge in [-0.1, -0.05) is 13.0 Å². The number of nitrogens with one attached hydrogen (secondary N) is 1. The molecule has 0 spiro atoms. The fourth-order valence-corrected chi connectivity index (χ4v) is 3.57. The van der Waals surface area contributed by atoms with Crippen LogP contribution in [0.2, 0.25) is 0 Å². The normalized spacial score (nSPS) is 26.5. The molecule has 1 saturated heterocycles. The summed E-state index contributed by atoms with van der Waals surface area (Å²) < 4.78 is 0. The van der Waals surface area contributed by atoms with Crippen LogP contribution in [-0.4, -0.2) is 43.7 Å². The zero-order valence-corrected chi connectivity index (χ0v) is 13.2. The van der Waals surface area contributed by atoms with Gasteiger partial charge in [-0.3, -0.25) is 4.90 Å². The van der Waals surface area contributed by atoms with Crippen molar-refractivity contribution in [3.8, 4) is 0 Å². The zero-order chi connectivity index (χ0) is 14.3. The number of hydrogen-bond donors (Lipinski definition) is 1. The van der Waals surface area contributed by atoms with Crippen LogP contribution < -0.4 is 10.2 Å². The number of nitrogens with zero attached hydrogens (tertiary/aromatic N) is 2. The van der Waals surface area contributed by atoms with Crippen molar-refractivity contribution in [2.24, 2.45) is 0 Å². The van der Waals surface area contributed by atoms with Crippen molar-refractivity contribution >= 4 is 11.4 Å². The van der Waals surface area contributed by atoms with Crippen LogP contribution in [0.25, 0.3) is 0 Å². The molecule has 110 valence electrons. The van der Waals surface area contributed by atoms with Gasteiger partial charge in [0.2, 0.25) is 0 Å². The Labute approximate surface area is 123 Å². The van der Waals surface area contributed by atoms with Crippen molar-refractivity contribution in [3.63, 3.8) is 0 Å². The highest BCUT2D eigenvalue weighted by atomic mass is 15.3. The van der Waals surface area contributed by atoms with Gasteiger partial charge in [0.15, 0.2) is 0 Å². The highest BCUT2D eigenvalue weighted by molar-refractivity contribution is 5.68. The third-order valence-corrected chi connectivity index (χ3v) is 5.10. The van der Waals surface area contributed by atoms with Crippen molar-refractivity contribution in [1.82, 2.24) is 4.90 Å². The Balaban J connectivity index is 1.93. The molecule has 2 atom stereocenters. The van der Waals surface area contributed by atoms with Gasteiger partial charge >= 0.3 is 0 Å². The van der Waals surface area contributed by atoms with E-state index in [1.165, 1.54) is 28.9 Å². The maximum absolute atomic E-state index is 3.53. The SMILES string of the molecule is CCc1cc2c(cc1N1CC(C)N(C)C(C)C1)NCC2. The lowest BCUT2D eigenvalue weighted by atomic mass is 10.0. The minimum atomic E-state index is 0.615. The second kappa shape index (κ2) is 5.28. The van der Waals surface area contributed by atoms with Gasteiger partial charge in [0.1, 0.15) is 0 Å². The maximum Gasteiger partial charge on any atom is 0.0420 e. The Morgan fingerprint density at radius 1 is 1.20 bits per heavy atom. The first-order valence-electron chi connectivity index (χ1n) is 7.96. The molecule has 0 bridgehead atoms. The fourth-order valence-electron chi connectivity index (χ4n) is 3.57. The van der Waals surface area contributed by atoms with Crippen molar-refractivity contribution < 1.29 is 0 Å². The minimum absolute atomic E-state index is 0.615. The molecule has 1 aromatic carbocycles. The highest BCUT2D eigenvalue weighted by Crippen LogP contribution is 2.33. The lowest BCUT2D eigenvalue weighted by molar-refractivity contribution is 0.170. The van der Waals surface area contributed by atoms with E-state index in [1.54, 1.807) is 0 Å². The van der Waals surface area contributed by atoms with Crippen molar-refractivity contribution in [2.45, 2.75) is 45.7 Å². The molecule has 1 aromatic rings. The average molecular weight is 273 g/mol. The Morgan fingerprint density at radius 2 is 1.90 bits per heavy atom. The molecule has 0 amide bonds. The molecule has 3 rings (SSSR count). The zero-order valence-electron chi connectivity index (χ0n) is 13.2. The maximum atomic E-state index is 3.53. The van der Waals surface area contributed by atoms with Crippen LogP contribution in [0.5, 0.6) is 0 Å². The van der Waals surface area contributed by atoms with E-state index in [0.717, 1.165) is 26.1 Å². The minimum Gasteiger partial charge on any atom is -0.384 e. The molecular weight excluding hydrogens is 246 g/mol. The summed E-state index contributed by atoms with van der Waals surface area (Å²) in [6.07, 6.45) is 2.30. The van der Waals surface area contributed by atoms with Gasteiger partial charge in [-0.05, 0) is 50.9 Å². The summed E-state index contributed by atoms with van der Waals surface area (Å²) in [6, 6.07) is 6.05. The lowest BCUT2D eigenvalue weighted by Gasteiger charge is -2.44. The van der Waals surface area contributed by atoms with Crippen molar-refractivity contribution in [3.05, 3.63) is 23.3 Å². The molecule has 3 heteroatoms. The number of anilines is 2. The second-order valence-electron chi connectivity index (χ2n) is 6.44. The molecule has 0 aromatic heterocycles. The van der Waals surface area contributed by atoms with Gasteiger partial charge in [-0.25, -0.2) is 0 Å². The predicted molar refractivity (Wildman–Crippen MR) is 86.9 cm³/mol. The van der Waals surface area contributed by atoms with Crippen LogP contribution in [0.3, 0.4) is 0 Å². The molecule has 0 aliphatic carbocycles. The molecule has 2 heterocycles. The quantitative estimate of drug-likeness (QED) is 0.894. The number of piperazine rings is 1. The molecular formula is C17H27N3. The third-order valence-electron chi connectivity index (χ3n) is 5.10. The summed E-state index contributed by atoms with van der Waals surface area (Å²) in [5.41, 5.74) is 5.82. The molecule has 2 unspecified atom stereocenters. The first kappa shape index (κ1) is 13.7. The van der Waals surface area contributed by atoms with Crippen LogP contribution in [0.4, 0.5) is 11.4 Å². The second-order valence-corrected chi connectivity index (χ2v) is 6.44. The predicted octanol–water partition coefficient (Wildman–Crippen LogP) is 2.75. The van der Waals surface area contributed by atoms with Crippen LogP contribution in [0.15, 0.2) is 12.1 Å². The van der Waals surface area contributed by atoms with E-state index in [9.17, 15) is 0 Å². The molecule has 0 radical (unpaired) electrons. The summed E-state index contributed by atoms with van der Waals surface area (Å²) in [5, 5.41) is 3.53. The lowest BCUT2D eigenvalue weighted by Crippen LogP contribution is -2.55. The van der Waals surface area contributed by atoms with Crippen molar-refractivity contribution in [1.29, 1.82) is 0 Å². The first-order chi connectivity index (χ1) is 9.60. The summed E-state index contributed by atoms with van der Waals surface area (Å²) in [6.45, 7) is 10.3. The number of hydrogen-bond acceptors (Lipinski definition) is 3. The van der Waals surface area contributed by atoms with Gasteiger partial charge < -0.3 is 10.2 Å². The third kappa shape index (κ3) is 2.28. The number of benzene rings is 1. The molecule has 0 saturated carbocycles. The molecule has 20 heavy (non-hydrogen) atoms. The molecule has 2 aliphatic heterocycles. The van der Waals surface area contributed by atoms with Gasteiger partial charge in [-0.15, -0.1) is 0 Å². The van der Waals surface area contributed by atoms with E-state index in [1.807, 2.05) is 0 Å². The number of aryl methyl sites for hydroxylation is 1. The Morgan fingerprint density at radius 3 is 2.55 bits per heavy atom. The van der Waals surface area contributed by atoms with Crippen LogP contribution in [-0.2, 0) is 12.8 Å². The van der Waals surface area contributed by atoms with Gasteiger partial charge in [0.05, 0.1) is 0 Å². The van der Waals surface area contributed by atoms with Crippen molar-refractivity contribution in [2.75, 3.05) is 36.9 Å². The van der Waals surface area contributed by atoms with E-state index in [4.69, 9.17) is 0 Å². The smallest absolute Gasteiger partial charge is 0.0420 e. The number of rotatable bonds is 2. The van der Waals surface area contributed by atoms with Crippen LogP contribution in [0.1, 0.15) is 31.9 Å².